The van der Waals surface area contributed by atoms with E-state index in [1.165, 1.54) is 37.6 Å². The fourth-order valence-corrected chi connectivity index (χ4v) is 4.41. The molecule has 0 radical (unpaired) electrons. The molecule has 7 heteroatoms. The fraction of sp³-hybridized carbons (Fsp3) is 0.571. The van der Waals surface area contributed by atoms with Gasteiger partial charge >= 0.3 is 0 Å². The van der Waals surface area contributed by atoms with Crippen molar-refractivity contribution in [2.75, 3.05) is 19.6 Å². The first kappa shape index (κ1) is 20.9. The summed E-state index contributed by atoms with van der Waals surface area (Å²) in [6.07, 6.45) is 7.81. The minimum Gasteiger partial charge on any atom is -0.361 e. The van der Waals surface area contributed by atoms with Gasteiger partial charge in [0.15, 0.2) is 0 Å². The van der Waals surface area contributed by atoms with Crippen molar-refractivity contribution in [3.8, 4) is 0 Å². The number of rotatable bonds is 9. The topological polar surface area (TPSA) is 71.3 Å². The largest absolute Gasteiger partial charge is 0.361 e. The van der Waals surface area contributed by atoms with Crippen LogP contribution in [0.5, 0.6) is 0 Å². The number of aryl methyl sites for hydroxylation is 1. The third kappa shape index (κ3) is 6.07. The van der Waals surface area contributed by atoms with E-state index in [-0.39, 0.29) is 5.91 Å². The maximum atomic E-state index is 12.6. The second-order valence-corrected chi connectivity index (χ2v) is 8.38. The van der Waals surface area contributed by atoms with Crippen LogP contribution in [0.15, 0.2) is 33.9 Å². The minimum atomic E-state index is -0.0572. The van der Waals surface area contributed by atoms with Crippen LogP contribution in [0.1, 0.15) is 60.8 Å². The lowest BCUT2D eigenvalue weighted by Crippen LogP contribution is -2.38. The zero-order valence-electron chi connectivity index (χ0n) is 16.8. The zero-order valence-corrected chi connectivity index (χ0v) is 17.6. The summed E-state index contributed by atoms with van der Waals surface area (Å²) in [4.78, 5) is 19.5. The van der Waals surface area contributed by atoms with Gasteiger partial charge in [-0.15, -0.1) is 0 Å². The lowest BCUT2D eigenvalue weighted by Gasteiger charge is -2.33. The molecule has 6 nitrogen and oxygen atoms in total. The Morgan fingerprint density at radius 2 is 2.29 bits per heavy atom. The van der Waals surface area contributed by atoms with E-state index in [1.54, 1.807) is 12.3 Å². The number of carbonyl (C=O) groups is 1. The lowest BCUT2D eigenvalue weighted by atomic mass is 10.0. The molecule has 1 aliphatic heterocycles. The predicted octanol–water partition coefficient (Wildman–Crippen LogP) is 4.05. The van der Waals surface area contributed by atoms with Gasteiger partial charge in [-0.3, -0.25) is 4.79 Å². The summed E-state index contributed by atoms with van der Waals surface area (Å²) in [5.74, 6) is 1.36. The number of hydrogen-bond acceptors (Lipinski definition) is 6. The van der Waals surface area contributed by atoms with Crippen molar-refractivity contribution in [1.82, 2.24) is 20.4 Å². The van der Waals surface area contributed by atoms with Gasteiger partial charge in [0.2, 0.25) is 0 Å². The third-order valence-corrected chi connectivity index (χ3v) is 6.19. The molecular formula is C21H30N4O2S. The summed E-state index contributed by atoms with van der Waals surface area (Å²) in [6.45, 7) is 7.23. The number of aromatic nitrogens is 2. The van der Waals surface area contributed by atoms with Crippen molar-refractivity contribution in [3.63, 3.8) is 0 Å². The number of amides is 1. The van der Waals surface area contributed by atoms with Crippen LogP contribution >= 0.6 is 11.8 Å². The molecule has 1 fully saturated rings. The zero-order chi connectivity index (χ0) is 19.8. The number of nitrogens with zero attached hydrogens (tertiary/aromatic N) is 3. The molecule has 1 amide bonds. The summed E-state index contributed by atoms with van der Waals surface area (Å²) in [7, 11) is 0. The number of hydrogen-bond donors (Lipinski definition) is 1. The Morgan fingerprint density at radius 3 is 3.07 bits per heavy atom. The van der Waals surface area contributed by atoms with Gasteiger partial charge in [0.1, 0.15) is 10.8 Å². The molecule has 2 aromatic heterocycles. The standard InChI is InChI=1S/C21H30N4O2S/c1-16-8-3-5-12-25(16)13-6-4-10-22-20(26)19-9-7-11-23-21(19)28-15-18-14-17(2)27-24-18/h7,9,11,14,16H,3-6,8,10,12-13,15H2,1-2H3,(H,22,26)/t16-/m0/s1. The molecule has 0 unspecified atom stereocenters. The molecule has 1 N–H and O–H groups in total. The van der Waals surface area contributed by atoms with E-state index in [2.05, 4.69) is 27.3 Å². The van der Waals surface area contributed by atoms with Gasteiger partial charge in [-0.25, -0.2) is 4.98 Å². The molecule has 1 atom stereocenters. The van der Waals surface area contributed by atoms with Gasteiger partial charge in [-0.05, 0) is 64.8 Å². The van der Waals surface area contributed by atoms with Gasteiger partial charge in [0.05, 0.1) is 11.3 Å². The monoisotopic (exact) mass is 402 g/mol. The van der Waals surface area contributed by atoms with Gasteiger partial charge in [-0.2, -0.15) is 0 Å². The summed E-state index contributed by atoms with van der Waals surface area (Å²) < 4.78 is 5.09. The molecule has 152 valence electrons. The highest BCUT2D eigenvalue weighted by Gasteiger charge is 2.17. The molecule has 2 aromatic rings. The summed E-state index contributed by atoms with van der Waals surface area (Å²) in [6, 6.07) is 6.23. The highest BCUT2D eigenvalue weighted by Crippen LogP contribution is 2.24. The first-order valence-corrected chi connectivity index (χ1v) is 11.1. The maximum absolute atomic E-state index is 12.6. The van der Waals surface area contributed by atoms with E-state index < -0.39 is 0 Å². The molecule has 3 rings (SSSR count). The van der Waals surface area contributed by atoms with Gasteiger partial charge in [0, 0.05) is 30.6 Å². The average Bonchev–Trinajstić information content (AvgIpc) is 3.13. The molecule has 0 saturated carbocycles. The molecule has 3 heterocycles. The quantitative estimate of drug-likeness (QED) is 0.504. The molecule has 0 aromatic carbocycles. The predicted molar refractivity (Wildman–Crippen MR) is 111 cm³/mol. The minimum absolute atomic E-state index is 0.0572. The highest BCUT2D eigenvalue weighted by molar-refractivity contribution is 7.98. The Balaban J connectivity index is 1.42. The summed E-state index contributed by atoms with van der Waals surface area (Å²) in [5.41, 5.74) is 1.48. The van der Waals surface area contributed by atoms with E-state index in [4.69, 9.17) is 4.52 Å². The van der Waals surface area contributed by atoms with Crippen molar-refractivity contribution in [1.29, 1.82) is 0 Å². The number of pyridine rings is 1. The van der Waals surface area contributed by atoms with Crippen molar-refractivity contribution < 1.29 is 9.32 Å². The Labute approximate surface area is 171 Å². The van der Waals surface area contributed by atoms with Crippen LogP contribution in [0.25, 0.3) is 0 Å². The molecule has 28 heavy (non-hydrogen) atoms. The van der Waals surface area contributed by atoms with E-state index in [9.17, 15) is 4.79 Å². The first-order valence-electron chi connectivity index (χ1n) is 10.2. The number of piperidine rings is 1. The van der Waals surface area contributed by atoms with Crippen LogP contribution in [0.4, 0.5) is 0 Å². The number of nitrogens with one attached hydrogen (secondary N) is 1. The molecular weight excluding hydrogens is 372 g/mol. The molecule has 0 spiro atoms. The Hall–Kier alpha value is -1.86. The third-order valence-electron chi connectivity index (χ3n) is 5.15. The Morgan fingerprint density at radius 1 is 1.39 bits per heavy atom. The fourth-order valence-electron chi connectivity index (χ4n) is 3.53. The maximum Gasteiger partial charge on any atom is 0.254 e. The second kappa shape index (κ2) is 10.6. The van der Waals surface area contributed by atoms with Gasteiger partial charge < -0.3 is 14.7 Å². The number of carbonyl (C=O) groups excluding carboxylic acids is 1. The Kier molecular flexibility index (Phi) is 7.91. The average molecular weight is 403 g/mol. The van der Waals surface area contributed by atoms with E-state index >= 15 is 0 Å². The summed E-state index contributed by atoms with van der Waals surface area (Å²) in [5, 5.41) is 7.76. The van der Waals surface area contributed by atoms with Crippen LogP contribution in [0.3, 0.4) is 0 Å². The number of unbranched alkanes of at least 4 members (excludes halogenated alkanes) is 1. The van der Waals surface area contributed by atoms with E-state index in [1.807, 2.05) is 19.1 Å². The van der Waals surface area contributed by atoms with Crippen molar-refractivity contribution in [2.45, 2.75) is 62.8 Å². The van der Waals surface area contributed by atoms with Gasteiger partial charge in [0.25, 0.3) is 5.91 Å². The first-order chi connectivity index (χ1) is 13.6. The number of likely N-dealkylation sites (tertiary alicyclic amines) is 1. The Bertz CT molecular complexity index is 764. The van der Waals surface area contributed by atoms with Crippen LogP contribution in [-0.2, 0) is 5.75 Å². The number of thioether (sulfide) groups is 1. The van der Waals surface area contributed by atoms with Crippen molar-refractivity contribution >= 4 is 17.7 Å². The second-order valence-electron chi connectivity index (χ2n) is 7.42. The molecule has 0 bridgehead atoms. The van der Waals surface area contributed by atoms with Crippen LogP contribution in [-0.4, -0.2) is 46.6 Å². The lowest BCUT2D eigenvalue weighted by molar-refractivity contribution is 0.0948. The van der Waals surface area contributed by atoms with Crippen LogP contribution < -0.4 is 5.32 Å². The molecule has 1 aliphatic rings. The van der Waals surface area contributed by atoms with Crippen LogP contribution in [0.2, 0.25) is 0 Å². The summed E-state index contributed by atoms with van der Waals surface area (Å²) >= 11 is 1.50. The molecule has 0 aliphatic carbocycles. The highest BCUT2D eigenvalue weighted by atomic mass is 32.2. The SMILES string of the molecule is Cc1cc(CSc2ncccc2C(=O)NCCCCN2CCCC[C@@H]2C)no1. The van der Waals surface area contributed by atoms with E-state index in [0.717, 1.165) is 35.9 Å². The molecule has 1 saturated heterocycles. The normalized spacial score (nSPS) is 17.6. The van der Waals surface area contributed by atoms with Crippen molar-refractivity contribution in [3.05, 3.63) is 41.4 Å². The van der Waals surface area contributed by atoms with Gasteiger partial charge in [-0.1, -0.05) is 23.3 Å². The smallest absolute Gasteiger partial charge is 0.254 e. The van der Waals surface area contributed by atoms with E-state index in [0.29, 0.717) is 23.9 Å². The van der Waals surface area contributed by atoms with Crippen LogP contribution in [0, 0.1) is 6.92 Å². The van der Waals surface area contributed by atoms with Crippen molar-refractivity contribution in [2.24, 2.45) is 0 Å².